The highest BCUT2D eigenvalue weighted by molar-refractivity contribution is 6.20. The minimum absolute atomic E-state index is 0.0893. The Hall–Kier alpha value is -0.430. The molecule has 0 amide bonds. The average Bonchev–Trinajstić information content (AvgIpc) is 2.04. The van der Waals surface area contributed by atoms with Gasteiger partial charge in [0.1, 0.15) is 0 Å². The summed E-state index contributed by atoms with van der Waals surface area (Å²) in [5.74, 6) is 0. The van der Waals surface area contributed by atoms with Gasteiger partial charge >= 0.3 is 0 Å². The summed E-state index contributed by atoms with van der Waals surface area (Å²) in [7, 11) is 0. The molecule has 76 valence electrons. The number of nitrogens with one attached hydrogen (secondary N) is 1. The maximum atomic E-state index is 10.5. The van der Waals surface area contributed by atoms with E-state index in [1.807, 2.05) is 0 Å². The standard InChI is InChI=1S/C6H12ClN3O3/c7-5-4-9(1-2-11)6(3-8-5)10(12)13/h5-6,8,11H,1-4H2. The van der Waals surface area contributed by atoms with Crippen LogP contribution in [0.25, 0.3) is 0 Å². The highest BCUT2D eigenvalue weighted by atomic mass is 35.5. The van der Waals surface area contributed by atoms with Crippen molar-refractivity contribution in [2.45, 2.75) is 11.7 Å². The summed E-state index contributed by atoms with van der Waals surface area (Å²) in [4.78, 5) is 11.7. The molecule has 1 aliphatic heterocycles. The third kappa shape index (κ3) is 2.77. The number of aliphatic hydroxyl groups excluding tert-OH is 1. The Morgan fingerprint density at radius 3 is 3.00 bits per heavy atom. The van der Waals surface area contributed by atoms with Gasteiger partial charge in [-0.25, -0.2) is 4.90 Å². The van der Waals surface area contributed by atoms with Gasteiger partial charge in [0, 0.05) is 18.0 Å². The maximum absolute atomic E-state index is 10.5. The molecule has 13 heavy (non-hydrogen) atoms. The Balaban J connectivity index is 2.55. The normalized spacial score (nSPS) is 30.3. The van der Waals surface area contributed by atoms with Crippen LogP contribution in [0, 0.1) is 10.1 Å². The number of halogens is 1. The fourth-order valence-electron chi connectivity index (χ4n) is 1.33. The molecular weight excluding hydrogens is 198 g/mol. The van der Waals surface area contributed by atoms with E-state index in [9.17, 15) is 10.1 Å². The number of nitrogens with zero attached hydrogens (tertiary/aromatic N) is 2. The molecule has 1 fully saturated rings. The molecular formula is C6H12ClN3O3. The van der Waals surface area contributed by atoms with Crippen LogP contribution in [0.1, 0.15) is 0 Å². The number of β-amino-alcohol motifs (C(OH)–C–C–N with tert-alkyl or cyclic N) is 1. The average molecular weight is 210 g/mol. The van der Waals surface area contributed by atoms with E-state index in [2.05, 4.69) is 5.32 Å². The molecule has 0 spiro atoms. The minimum Gasteiger partial charge on any atom is -0.395 e. The SMILES string of the molecule is O=[N+]([O-])C1CNC(Cl)CN1CCO. The van der Waals surface area contributed by atoms with Crippen LogP contribution >= 0.6 is 11.6 Å². The first kappa shape index (κ1) is 10.6. The van der Waals surface area contributed by atoms with Crippen LogP contribution in [0.4, 0.5) is 0 Å². The molecule has 2 unspecified atom stereocenters. The number of rotatable bonds is 3. The van der Waals surface area contributed by atoms with Gasteiger partial charge in [-0.15, -0.1) is 11.6 Å². The second kappa shape index (κ2) is 4.71. The third-order valence-corrected chi connectivity index (χ3v) is 2.26. The molecule has 0 aromatic carbocycles. The van der Waals surface area contributed by atoms with Gasteiger partial charge in [-0.05, 0) is 0 Å². The van der Waals surface area contributed by atoms with Gasteiger partial charge in [-0.1, -0.05) is 0 Å². The zero-order valence-corrected chi connectivity index (χ0v) is 7.78. The smallest absolute Gasteiger partial charge is 0.281 e. The predicted octanol–water partition coefficient (Wildman–Crippen LogP) is -0.948. The Labute approximate surface area is 80.6 Å². The van der Waals surface area contributed by atoms with Crippen molar-refractivity contribution in [1.82, 2.24) is 10.2 Å². The van der Waals surface area contributed by atoms with Gasteiger partial charge in [0.05, 0.1) is 18.7 Å². The van der Waals surface area contributed by atoms with E-state index >= 15 is 0 Å². The van der Waals surface area contributed by atoms with Crippen LogP contribution in [-0.2, 0) is 0 Å². The molecule has 2 atom stereocenters. The van der Waals surface area contributed by atoms with E-state index in [1.165, 1.54) is 0 Å². The Morgan fingerprint density at radius 1 is 1.77 bits per heavy atom. The largest absolute Gasteiger partial charge is 0.395 e. The molecule has 1 rings (SSSR count). The van der Waals surface area contributed by atoms with E-state index in [0.717, 1.165) is 0 Å². The highest BCUT2D eigenvalue weighted by Gasteiger charge is 2.34. The van der Waals surface area contributed by atoms with Crippen LogP contribution in [0.15, 0.2) is 0 Å². The topological polar surface area (TPSA) is 78.6 Å². The molecule has 2 N–H and O–H groups in total. The third-order valence-electron chi connectivity index (χ3n) is 1.97. The second-order valence-electron chi connectivity index (χ2n) is 2.86. The molecule has 6 nitrogen and oxygen atoms in total. The number of piperazine rings is 1. The van der Waals surface area contributed by atoms with E-state index < -0.39 is 6.17 Å². The van der Waals surface area contributed by atoms with Crippen LogP contribution in [-0.4, -0.2) is 52.8 Å². The summed E-state index contributed by atoms with van der Waals surface area (Å²) in [5.41, 5.74) is -0.275. The van der Waals surface area contributed by atoms with Crippen molar-refractivity contribution in [1.29, 1.82) is 0 Å². The maximum Gasteiger partial charge on any atom is 0.281 e. The molecule has 0 aromatic heterocycles. The first-order chi connectivity index (χ1) is 6.15. The van der Waals surface area contributed by atoms with Crippen molar-refractivity contribution in [3.8, 4) is 0 Å². The van der Waals surface area contributed by atoms with Crippen molar-refractivity contribution in [2.75, 3.05) is 26.2 Å². The van der Waals surface area contributed by atoms with Gasteiger partial charge in [-0.2, -0.15) is 0 Å². The number of hydrogen-bond donors (Lipinski definition) is 2. The van der Waals surface area contributed by atoms with Gasteiger partial charge in [-0.3, -0.25) is 15.4 Å². The molecule has 0 aliphatic carbocycles. The summed E-state index contributed by atoms with van der Waals surface area (Å²) in [6.45, 7) is 0.805. The molecule has 1 aliphatic rings. The summed E-state index contributed by atoms with van der Waals surface area (Å²) in [6, 6.07) is 0. The van der Waals surface area contributed by atoms with E-state index in [-0.39, 0.29) is 30.1 Å². The number of hydrogen-bond acceptors (Lipinski definition) is 5. The molecule has 0 bridgehead atoms. The summed E-state index contributed by atoms with van der Waals surface area (Å²) in [5, 5.41) is 22.0. The van der Waals surface area contributed by atoms with Crippen molar-refractivity contribution in [2.24, 2.45) is 0 Å². The molecule has 0 radical (unpaired) electrons. The fourth-order valence-corrected chi connectivity index (χ4v) is 1.60. The van der Waals surface area contributed by atoms with Crippen molar-refractivity contribution < 1.29 is 10.0 Å². The number of aliphatic hydroxyl groups is 1. The Morgan fingerprint density at radius 2 is 2.46 bits per heavy atom. The summed E-state index contributed by atoms with van der Waals surface area (Å²) >= 11 is 5.76. The molecule has 0 saturated carbocycles. The fraction of sp³-hybridized carbons (Fsp3) is 1.00. The van der Waals surface area contributed by atoms with E-state index in [1.54, 1.807) is 4.90 Å². The molecule has 0 aromatic rings. The van der Waals surface area contributed by atoms with Gasteiger partial charge in [0.2, 0.25) is 0 Å². The van der Waals surface area contributed by atoms with Gasteiger partial charge in [0.15, 0.2) is 0 Å². The lowest BCUT2D eigenvalue weighted by atomic mass is 10.3. The van der Waals surface area contributed by atoms with Crippen LogP contribution in [0.2, 0.25) is 0 Å². The van der Waals surface area contributed by atoms with E-state index in [0.29, 0.717) is 6.54 Å². The lowest BCUT2D eigenvalue weighted by Crippen LogP contribution is -2.58. The summed E-state index contributed by atoms with van der Waals surface area (Å²) in [6.07, 6.45) is -0.776. The summed E-state index contributed by atoms with van der Waals surface area (Å²) < 4.78 is 0. The first-order valence-electron chi connectivity index (χ1n) is 4.01. The molecule has 1 saturated heterocycles. The van der Waals surface area contributed by atoms with Gasteiger partial charge in [0.25, 0.3) is 6.17 Å². The molecule has 1 heterocycles. The van der Waals surface area contributed by atoms with Crippen molar-refractivity contribution in [3.63, 3.8) is 0 Å². The number of alkyl halides is 1. The number of nitro groups is 1. The van der Waals surface area contributed by atoms with Crippen LogP contribution in [0.3, 0.4) is 0 Å². The lowest BCUT2D eigenvalue weighted by molar-refractivity contribution is -0.551. The minimum atomic E-state index is -0.776. The van der Waals surface area contributed by atoms with Crippen LogP contribution < -0.4 is 5.32 Å². The van der Waals surface area contributed by atoms with Gasteiger partial charge < -0.3 is 5.11 Å². The Bertz CT molecular complexity index is 192. The molecule has 7 heteroatoms. The lowest BCUT2D eigenvalue weighted by Gasteiger charge is -2.32. The predicted molar refractivity (Wildman–Crippen MR) is 47.1 cm³/mol. The van der Waals surface area contributed by atoms with Crippen LogP contribution in [0.5, 0.6) is 0 Å². The van der Waals surface area contributed by atoms with Crippen molar-refractivity contribution in [3.05, 3.63) is 10.1 Å². The Kier molecular flexibility index (Phi) is 3.86. The quantitative estimate of drug-likeness (QED) is 0.271. The monoisotopic (exact) mass is 209 g/mol. The zero-order valence-electron chi connectivity index (χ0n) is 7.02. The van der Waals surface area contributed by atoms with Crippen molar-refractivity contribution >= 4 is 11.6 Å². The second-order valence-corrected chi connectivity index (χ2v) is 3.39. The first-order valence-corrected chi connectivity index (χ1v) is 4.44. The highest BCUT2D eigenvalue weighted by Crippen LogP contribution is 2.09. The zero-order chi connectivity index (χ0) is 9.84. The van der Waals surface area contributed by atoms with E-state index in [4.69, 9.17) is 16.7 Å².